The average Bonchev–Trinajstić information content (AvgIpc) is 2.96. The van der Waals surface area contributed by atoms with Crippen molar-refractivity contribution in [1.29, 1.82) is 0 Å². The van der Waals surface area contributed by atoms with Crippen LogP contribution in [0.1, 0.15) is 46.0 Å². The Morgan fingerprint density at radius 2 is 1.60 bits per heavy atom. The van der Waals surface area contributed by atoms with Crippen LogP contribution in [0.25, 0.3) is 0 Å². The molecule has 11 heteroatoms. The molecule has 1 heterocycles. The number of halogens is 1. The molecule has 0 fully saturated rings. The van der Waals surface area contributed by atoms with Crippen molar-refractivity contribution in [1.82, 2.24) is 16.0 Å². The molecule has 0 bridgehead atoms. The molecule has 0 saturated heterocycles. The summed E-state index contributed by atoms with van der Waals surface area (Å²) >= 11 is 6.51. The normalized spacial score (nSPS) is 14.8. The van der Waals surface area contributed by atoms with Gasteiger partial charge in [0.05, 0.1) is 60.8 Å². The molecule has 3 rings (SSSR count). The Bertz CT molecular complexity index is 1350. The van der Waals surface area contributed by atoms with Crippen LogP contribution >= 0.6 is 11.6 Å². The van der Waals surface area contributed by atoms with E-state index in [-0.39, 0.29) is 54.5 Å². The summed E-state index contributed by atoms with van der Waals surface area (Å²) in [6.07, 6.45) is 0. The Hall–Kier alpha value is -4.15. The van der Waals surface area contributed by atoms with Gasteiger partial charge in [-0.1, -0.05) is 41.9 Å². The number of carbonyl (C=O) groups is 4. The second-order valence-corrected chi connectivity index (χ2v) is 9.06. The molecule has 1 unspecified atom stereocenters. The summed E-state index contributed by atoms with van der Waals surface area (Å²) in [5.74, 6) is -2.90. The van der Waals surface area contributed by atoms with Crippen LogP contribution in [0.3, 0.4) is 0 Å². The number of carbonyl (C=O) groups excluding carboxylic acids is 4. The third-order valence-corrected chi connectivity index (χ3v) is 6.53. The van der Waals surface area contributed by atoms with Crippen LogP contribution in [-0.2, 0) is 23.8 Å². The third kappa shape index (κ3) is 6.88. The molecule has 2 amide bonds. The van der Waals surface area contributed by atoms with Crippen molar-refractivity contribution < 1.29 is 33.4 Å². The predicted octanol–water partition coefficient (Wildman–Crippen LogP) is 3.10. The molecular weight excluding hydrogens is 538 g/mol. The van der Waals surface area contributed by atoms with Gasteiger partial charge in [-0.15, -0.1) is 0 Å². The number of nitrogens with one attached hydrogen (secondary N) is 3. The van der Waals surface area contributed by atoms with Gasteiger partial charge < -0.3 is 30.2 Å². The van der Waals surface area contributed by atoms with Gasteiger partial charge in [0.15, 0.2) is 0 Å². The van der Waals surface area contributed by atoms with E-state index in [2.05, 4.69) is 16.0 Å². The summed E-state index contributed by atoms with van der Waals surface area (Å²) in [4.78, 5) is 50.8. The largest absolute Gasteiger partial charge is 0.466 e. The number of amides is 2. The van der Waals surface area contributed by atoms with Crippen molar-refractivity contribution in [3.63, 3.8) is 0 Å². The molecule has 2 aromatic rings. The number of hydrogen-bond donors (Lipinski definition) is 3. The zero-order valence-corrected chi connectivity index (χ0v) is 23.5. The molecule has 1 aliphatic heterocycles. The third-order valence-electron chi connectivity index (χ3n) is 6.18. The highest BCUT2D eigenvalue weighted by Gasteiger charge is 2.39. The first-order chi connectivity index (χ1) is 19.2. The number of hydrogen-bond acceptors (Lipinski definition) is 8. The summed E-state index contributed by atoms with van der Waals surface area (Å²) in [7, 11) is 2.75. The van der Waals surface area contributed by atoms with E-state index >= 15 is 0 Å². The van der Waals surface area contributed by atoms with Crippen molar-refractivity contribution in [2.24, 2.45) is 0 Å². The molecule has 3 N–H and O–H groups in total. The summed E-state index contributed by atoms with van der Waals surface area (Å²) in [6, 6.07) is 13.4. The van der Waals surface area contributed by atoms with E-state index in [1.54, 1.807) is 62.4 Å². The molecule has 2 aromatic carbocycles. The minimum Gasteiger partial charge on any atom is -0.466 e. The zero-order valence-electron chi connectivity index (χ0n) is 22.8. The molecule has 40 heavy (non-hydrogen) atoms. The Morgan fingerprint density at radius 3 is 2.23 bits per heavy atom. The number of dihydropyridines is 1. The molecule has 1 atom stereocenters. The molecule has 0 radical (unpaired) electrons. The van der Waals surface area contributed by atoms with Gasteiger partial charge in [0.25, 0.3) is 11.8 Å². The van der Waals surface area contributed by atoms with Gasteiger partial charge in [-0.25, -0.2) is 9.59 Å². The molecule has 10 nitrogen and oxygen atoms in total. The highest BCUT2D eigenvalue weighted by atomic mass is 35.5. The Kier molecular flexibility index (Phi) is 10.9. The van der Waals surface area contributed by atoms with E-state index in [1.807, 2.05) is 0 Å². The summed E-state index contributed by atoms with van der Waals surface area (Å²) in [5, 5.41) is 8.71. The molecular formula is C29H32ClN3O7. The highest BCUT2D eigenvalue weighted by molar-refractivity contribution is 6.31. The number of allylic oxidation sites excluding steroid dienone is 1. The minimum atomic E-state index is -0.860. The monoisotopic (exact) mass is 569 g/mol. The highest BCUT2D eigenvalue weighted by Crippen LogP contribution is 2.41. The van der Waals surface area contributed by atoms with E-state index < -0.39 is 23.8 Å². The fraction of sp³-hybridized carbons (Fsp3) is 0.310. The number of methoxy groups -OCH3 is 1. The lowest BCUT2D eigenvalue weighted by Crippen LogP contribution is -2.35. The number of benzene rings is 2. The topological polar surface area (TPSA) is 132 Å². The van der Waals surface area contributed by atoms with Crippen LogP contribution in [0, 0.1) is 0 Å². The Labute approximate surface area is 237 Å². The van der Waals surface area contributed by atoms with Crippen molar-refractivity contribution in [2.75, 3.05) is 40.5 Å². The van der Waals surface area contributed by atoms with E-state index in [4.69, 9.17) is 25.8 Å². The molecule has 212 valence electrons. The van der Waals surface area contributed by atoms with Crippen LogP contribution in [0.15, 0.2) is 71.1 Å². The minimum absolute atomic E-state index is 0.0500. The fourth-order valence-corrected chi connectivity index (χ4v) is 4.63. The average molecular weight is 570 g/mol. The first-order valence-corrected chi connectivity index (χ1v) is 13.0. The number of ether oxygens (including phenoxy) is 3. The molecule has 0 spiro atoms. The van der Waals surface area contributed by atoms with E-state index in [9.17, 15) is 19.2 Å². The predicted molar refractivity (Wildman–Crippen MR) is 149 cm³/mol. The second-order valence-electron chi connectivity index (χ2n) is 8.66. The van der Waals surface area contributed by atoms with Gasteiger partial charge in [0.2, 0.25) is 0 Å². The summed E-state index contributed by atoms with van der Waals surface area (Å²) in [6.45, 7) is 3.68. The molecule has 0 aromatic heterocycles. The first kappa shape index (κ1) is 30.4. The van der Waals surface area contributed by atoms with Crippen LogP contribution in [0.2, 0.25) is 5.02 Å². The van der Waals surface area contributed by atoms with Crippen molar-refractivity contribution >= 4 is 35.4 Å². The SMILES string of the molecule is CCOC(=O)C1=C(COCCNC(=O)c2ccccc2C(=O)NC)NC(C)=C(C(=O)OC)C1c1ccccc1Cl. The molecule has 0 saturated carbocycles. The first-order valence-electron chi connectivity index (χ1n) is 12.6. The quantitative estimate of drug-likeness (QED) is 0.278. The van der Waals surface area contributed by atoms with Crippen molar-refractivity contribution in [2.45, 2.75) is 19.8 Å². The lowest BCUT2D eigenvalue weighted by molar-refractivity contribution is -0.139. The standard InChI is InChI=1S/C29H32ClN3O7/c1-5-40-29(37)25-22(16-39-15-14-32-27(35)19-11-7-6-10-18(19)26(34)31-3)33-17(2)23(28(36)38-4)24(25)20-12-8-9-13-21(20)30/h6-13,24,33H,5,14-16H2,1-4H3,(H,31,34)(H,32,35). The van der Waals surface area contributed by atoms with Crippen LogP contribution in [0.5, 0.6) is 0 Å². The maximum absolute atomic E-state index is 13.2. The molecule has 1 aliphatic rings. The number of rotatable bonds is 11. The maximum atomic E-state index is 13.2. The van der Waals surface area contributed by atoms with Gasteiger partial charge in [0, 0.05) is 24.3 Å². The Morgan fingerprint density at radius 1 is 0.950 bits per heavy atom. The van der Waals surface area contributed by atoms with Crippen molar-refractivity contribution in [3.05, 3.63) is 92.8 Å². The van der Waals surface area contributed by atoms with Gasteiger partial charge in [0.1, 0.15) is 0 Å². The van der Waals surface area contributed by atoms with Crippen LogP contribution in [-0.4, -0.2) is 64.3 Å². The maximum Gasteiger partial charge on any atom is 0.336 e. The van der Waals surface area contributed by atoms with E-state index in [0.717, 1.165) is 0 Å². The molecule has 0 aliphatic carbocycles. The zero-order chi connectivity index (χ0) is 29.2. The van der Waals surface area contributed by atoms with Gasteiger partial charge in [-0.05, 0) is 37.6 Å². The van der Waals surface area contributed by atoms with Gasteiger partial charge in [-0.2, -0.15) is 0 Å². The lowest BCUT2D eigenvalue weighted by atomic mass is 9.80. The number of esters is 2. The Balaban J connectivity index is 1.82. The second kappa shape index (κ2) is 14.3. The van der Waals surface area contributed by atoms with Crippen molar-refractivity contribution in [3.8, 4) is 0 Å². The summed E-state index contributed by atoms with van der Waals surface area (Å²) < 4.78 is 16.2. The van der Waals surface area contributed by atoms with E-state index in [1.165, 1.54) is 14.2 Å². The van der Waals surface area contributed by atoms with Crippen LogP contribution in [0.4, 0.5) is 0 Å². The summed E-state index contributed by atoms with van der Waals surface area (Å²) in [5.41, 5.74) is 2.30. The van der Waals surface area contributed by atoms with Gasteiger partial charge in [-0.3, -0.25) is 9.59 Å². The van der Waals surface area contributed by atoms with Crippen LogP contribution < -0.4 is 16.0 Å². The van der Waals surface area contributed by atoms with E-state index in [0.29, 0.717) is 22.0 Å². The lowest BCUT2D eigenvalue weighted by Gasteiger charge is -2.31. The smallest absolute Gasteiger partial charge is 0.336 e. The fourth-order valence-electron chi connectivity index (χ4n) is 4.38. The van der Waals surface area contributed by atoms with Gasteiger partial charge >= 0.3 is 11.9 Å².